The average Bonchev–Trinajstić information content (AvgIpc) is 3.21. The van der Waals surface area contributed by atoms with E-state index in [1.54, 1.807) is 4.68 Å². The van der Waals surface area contributed by atoms with Gasteiger partial charge in [-0.2, -0.15) is 5.10 Å². The van der Waals surface area contributed by atoms with Gasteiger partial charge in [-0.05, 0) is 74.7 Å². The molecule has 1 saturated heterocycles. The molecular formula is C24H27N5O2. The third-order valence-corrected chi connectivity index (χ3v) is 6.27. The highest BCUT2D eigenvalue weighted by Gasteiger charge is 2.35. The summed E-state index contributed by atoms with van der Waals surface area (Å²) >= 11 is 0. The fraction of sp³-hybridized carbons (Fsp3) is 0.333. The zero-order chi connectivity index (χ0) is 21.2. The molecule has 0 aliphatic carbocycles. The Hall–Kier alpha value is -3.32. The van der Waals surface area contributed by atoms with Crippen LogP contribution in [0.5, 0.6) is 11.5 Å². The lowest BCUT2D eigenvalue weighted by Gasteiger charge is -2.33. The molecule has 1 amide bonds. The molecule has 0 saturated carbocycles. The second kappa shape index (κ2) is 8.43. The van der Waals surface area contributed by atoms with Crippen molar-refractivity contribution in [3.8, 4) is 17.2 Å². The van der Waals surface area contributed by atoms with E-state index < -0.39 is 5.91 Å². The number of hydrogen-bond acceptors (Lipinski definition) is 5. The Morgan fingerprint density at radius 3 is 2.39 bits per heavy atom. The molecule has 0 spiro atoms. The van der Waals surface area contributed by atoms with Crippen LogP contribution in [-0.2, 0) is 0 Å². The number of piperidine rings is 1. The minimum absolute atomic E-state index is 0.346. The molecule has 7 nitrogen and oxygen atoms in total. The van der Waals surface area contributed by atoms with Crippen molar-refractivity contribution in [2.75, 3.05) is 25.0 Å². The number of nitrogens with one attached hydrogen (secondary N) is 2. The van der Waals surface area contributed by atoms with Gasteiger partial charge in [0.05, 0.1) is 17.1 Å². The number of nitrogens with two attached hydrogens (primary N) is 1. The van der Waals surface area contributed by atoms with E-state index in [1.807, 2.05) is 54.6 Å². The van der Waals surface area contributed by atoms with E-state index in [4.69, 9.17) is 15.6 Å². The summed E-state index contributed by atoms with van der Waals surface area (Å²) in [7, 11) is 0. The number of primary amides is 1. The van der Waals surface area contributed by atoms with Crippen LogP contribution in [0.1, 0.15) is 41.4 Å². The minimum atomic E-state index is -0.475. The number of carbonyl (C=O) groups is 1. The summed E-state index contributed by atoms with van der Waals surface area (Å²) < 4.78 is 7.57. The predicted octanol–water partition coefficient (Wildman–Crippen LogP) is 3.66. The van der Waals surface area contributed by atoms with E-state index in [2.05, 4.69) is 10.6 Å². The van der Waals surface area contributed by atoms with Gasteiger partial charge in [0.1, 0.15) is 11.5 Å². The Labute approximate surface area is 181 Å². The minimum Gasteiger partial charge on any atom is -0.457 e. The van der Waals surface area contributed by atoms with E-state index in [1.165, 1.54) is 0 Å². The van der Waals surface area contributed by atoms with Crippen molar-refractivity contribution in [3.05, 3.63) is 66.0 Å². The molecule has 0 radical (unpaired) electrons. The van der Waals surface area contributed by atoms with Crippen LogP contribution in [-0.4, -0.2) is 35.3 Å². The number of aromatic nitrogens is 2. The molecule has 2 aliphatic rings. The summed E-state index contributed by atoms with van der Waals surface area (Å²) in [6, 6.07) is 17.2. The summed E-state index contributed by atoms with van der Waals surface area (Å²) in [6.45, 7) is 2.91. The molecule has 7 heteroatoms. The molecule has 2 aromatic carbocycles. The van der Waals surface area contributed by atoms with Crippen LogP contribution in [0.2, 0.25) is 0 Å². The number of nitrogens with zero attached hydrogens (tertiary/aromatic N) is 2. The van der Waals surface area contributed by atoms with Crippen LogP contribution < -0.4 is 21.1 Å². The molecule has 1 unspecified atom stereocenters. The summed E-state index contributed by atoms with van der Waals surface area (Å²) in [4.78, 5) is 12.4. The maximum Gasteiger partial charge on any atom is 0.269 e. The second-order valence-electron chi connectivity index (χ2n) is 8.20. The van der Waals surface area contributed by atoms with Crippen molar-refractivity contribution < 1.29 is 9.53 Å². The first-order valence-electron chi connectivity index (χ1n) is 10.9. The Bertz CT molecular complexity index is 1060. The number of para-hydroxylation sites is 1. The van der Waals surface area contributed by atoms with Gasteiger partial charge >= 0.3 is 0 Å². The number of hydrogen-bond donors (Lipinski definition) is 3. The van der Waals surface area contributed by atoms with Gasteiger partial charge in [-0.3, -0.25) is 4.79 Å². The molecule has 0 bridgehead atoms. The molecule has 1 atom stereocenters. The van der Waals surface area contributed by atoms with Crippen molar-refractivity contribution >= 4 is 11.6 Å². The zero-order valence-corrected chi connectivity index (χ0v) is 17.4. The highest BCUT2D eigenvalue weighted by atomic mass is 16.5. The number of benzene rings is 2. The first-order chi connectivity index (χ1) is 15.2. The lowest BCUT2D eigenvalue weighted by atomic mass is 9.79. The molecule has 4 N–H and O–H groups in total. The lowest BCUT2D eigenvalue weighted by molar-refractivity contribution is 0.0993. The topological polar surface area (TPSA) is 94.2 Å². The third kappa shape index (κ3) is 3.88. The van der Waals surface area contributed by atoms with Crippen molar-refractivity contribution in [3.63, 3.8) is 0 Å². The van der Waals surface area contributed by atoms with Crippen molar-refractivity contribution in [2.45, 2.75) is 25.2 Å². The Morgan fingerprint density at radius 1 is 0.968 bits per heavy atom. The fourth-order valence-electron chi connectivity index (χ4n) is 4.76. The standard InChI is InChI=1S/C24H27N5O2/c25-24(30)23-22-21(20(12-15-27-22)16-10-13-26-14-11-16)28-29(23)17-6-8-19(9-7-17)31-18-4-2-1-3-5-18/h1-9,16,20,26-27H,10-15H2,(H2,25,30). The largest absolute Gasteiger partial charge is 0.457 e. The zero-order valence-electron chi connectivity index (χ0n) is 17.4. The number of carbonyl (C=O) groups excluding carboxylic acids is 1. The van der Waals surface area contributed by atoms with Crippen molar-refractivity contribution in [2.24, 2.45) is 11.7 Å². The summed E-state index contributed by atoms with van der Waals surface area (Å²) in [5, 5.41) is 11.7. The van der Waals surface area contributed by atoms with Crippen molar-refractivity contribution in [1.82, 2.24) is 15.1 Å². The monoisotopic (exact) mass is 417 g/mol. The quantitative estimate of drug-likeness (QED) is 0.589. The average molecular weight is 418 g/mol. The van der Waals surface area contributed by atoms with E-state index in [0.717, 1.165) is 67.5 Å². The third-order valence-electron chi connectivity index (χ3n) is 6.27. The van der Waals surface area contributed by atoms with Crippen LogP contribution in [0.15, 0.2) is 54.6 Å². The predicted molar refractivity (Wildman–Crippen MR) is 120 cm³/mol. The highest BCUT2D eigenvalue weighted by Crippen LogP contribution is 2.41. The summed E-state index contributed by atoms with van der Waals surface area (Å²) in [6.07, 6.45) is 3.29. The fourth-order valence-corrected chi connectivity index (χ4v) is 4.76. The number of anilines is 1. The number of rotatable bonds is 5. The lowest BCUT2D eigenvalue weighted by Crippen LogP contribution is -2.33. The number of fused-ring (bicyclic) bond motifs is 1. The van der Waals surface area contributed by atoms with Gasteiger partial charge in [0.2, 0.25) is 0 Å². The van der Waals surface area contributed by atoms with Crippen LogP contribution >= 0.6 is 0 Å². The van der Waals surface area contributed by atoms with Gasteiger partial charge in [0.15, 0.2) is 5.69 Å². The van der Waals surface area contributed by atoms with Crippen molar-refractivity contribution in [1.29, 1.82) is 0 Å². The molecule has 160 valence electrons. The van der Waals surface area contributed by atoms with Crippen LogP contribution in [0.4, 0.5) is 5.69 Å². The molecule has 31 heavy (non-hydrogen) atoms. The van der Waals surface area contributed by atoms with Crippen LogP contribution in [0.25, 0.3) is 5.69 Å². The molecule has 3 heterocycles. The summed E-state index contributed by atoms with van der Waals surface area (Å²) in [5.41, 5.74) is 8.78. The van der Waals surface area contributed by atoms with Crippen LogP contribution in [0, 0.1) is 5.92 Å². The number of ether oxygens (including phenoxy) is 1. The smallest absolute Gasteiger partial charge is 0.269 e. The first-order valence-corrected chi connectivity index (χ1v) is 10.9. The Kier molecular flexibility index (Phi) is 5.34. The maximum absolute atomic E-state index is 12.4. The molecule has 5 rings (SSSR count). The van der Waals surface area contributed by atoms with E-state index in [0.29, 0.717) is 17.5 Å². The second-order valence-corrected chi connectivity index (χ2v) is 8.20. The molecule has 3 aromatic rings. The highest BCUT2D eigenvalue weighted by molar-refractivity contribution is 5.98. The molecular weight excluding hydrogens is 390 g/mol. The Morgan fingerprint density at radius 2 is 1.68 bits per heavy atom. The van der Waals surface area contributed by atoms with Gasteiger partial charge in [-0.15, -0.1) is 0 Å². The van der Waals surface area contributed by atoms with Gasteiger partial charge in [-0.1, -0.05) is 18.2 Å². The maximum atomic E-state index is 12.4. The van der Waals surface area contributed by atoms with E-state index in [-0.39, 0.29) is 0 Å². The SMILES string of the molecule is NC(=O)c1c2c(nn1-c1ccc(Oc3ccccc3)cc1)C(C1CCNCC1)CCN2. The van der Waals surface area contributed by atoms with E-state index in [9.17, 15) is 4.79 Å². The van der Waals surface area contributed by atoms with E-state index >= 15 is 0 Å². The van der Waals surface area contributed by atoms with Gasteiger partial charge in [0, 0.05) is 12.5 Å². The molecule has 1 fully saturated rings. The van der Waals surface area contributed by atoms with Gasteiger partial charge in [0.25, 0.3) is 5.91 Å². The number of amides is 1. The Balaban J connectivity index is 1.47. The van der Waals surface area contributed by atoms with Crippen LogP contribution in [0.3, 0.4) is 0 Å². The van der Waals surface area contributed by atoms with Gasteiger partial charge in [-0.25, -0.2) is 4.68 Å². The van der Waals surface area contributed by atoms with Gasteiger partial charge < -0.3 is 21.1 Å². The normalized spacial score (nSPS) is 18.8. The molecule has 2 aliphatic heterocycles. The first kappa shape index (κ1) is 19.6. The summed E-state index contributed by atoms with van der Waals surface area (Å²) in [5.74, 6) is 1.94. The molecule has 1 aromatic heterocycles.